The molecule has 3 amide bonds. The highest BCUT2D eigenvalue weighted by atomic mass is 35.5. The van der Waals surface area contributed by atoms with Crippen molar-refractivity contribution in [2.75, 3.05) is 6.54 Å². The summed E-state index contributed by atoms with van der Waals surface area (Å²) in [4.78, 5) is 35.8. The Labute approximate surface area is 189 Å². The zero-order chi connectivity index (χ0) is 22.9. The van der Waals surface area contributed by atoms with Crippen LogP contribution in [0.5, 0.6) is 5.75 Å². The van der Waals surface area contributed by atoms with E-state index in [-0.39, 0.29) is 18.9 Å². The Balaban J connectivity index is 1.38. The van der Waals surface area contributed by atoms with Gasteiger partial charge in [0.25, 0.3) is 11.8 Å². The number of hydrogen-bond donors (Lipinski definition) is 3. The molecule has 0 unspecified atom stereocenters. The molecule has 3 aromatic rings. The van der Waals surface area contributed by atoms with E-state index >= 15 is 0 Å². The SMILES string of the molecule is Cc1cc(OCc2ccc(C(=O)NNC(=O)CCNC(=O)c3ccoc3)cc2)ccc1Cl. The standard InChI is InChI=1S/C23H22ClN3O5/c1-15-12-19(6-7-20(15)24)32-13-16-2-4-17(5-3-16)23(30)27-26-21(28)8-10-25-22(29)18-9-11-31-14-18/h2-7,9,11-12,14H,8,10,13H2,1H3,(H,25,29)(H,26,28)(H,27,30). The number of hydrogen-bond acceptors (Lipinski definition) is 5. The number of nitrogens with one attached hydrogen (secondary N) is 3. The minimum atomic E-state index is -0.457. The number of rotatable bonds is 8. The van der Waals surface area contributed by atoms with Gasteiger partial charge in [-0.15, -0.1) is 0 Å². The lowest BCUT2D eigenvalue weighted by molar-refractivity contribution is -0.121. The monoisotopic (exact) mass is 455 g/mol. The van der Waals surface area contributed by atoms with E-state index < -0.39 is 11.8 Å². The maximum atomic E-state index is 12.2. The van der Waals surface area contributed by atoms with Crippen LogP contribution >= 0.6 is 11.6 Å². The Morgan fingerprint density at radius 2 is 1.75 bits per heavy atom. The van der Waals surface area contributed by atoms with Crippen molar-refractivity contribution < 1.29 is 23.5 Å². The molecule has 0 bridgehead atoms. The first-order valence-electron chi connectivity index (χ1n) is 9.80. The number of ether oxygens (including phenoxy) is 1. The highest BCUT2D eigenvalue weighted by Gasteiger charge is 2.10. The number of carbonyl (C=O) groups is 3. The van der Waals surface area contributed by atoms with E-state index in [1.54, 1.807) is 36.4 Å². The van der Waals surface area contributed by atoms with Gasteiger partial charge in [0.2, 0.25) is 5.91 Å². The second kappa shape index (κ2) is 11.0. The molecule has 0 fully saturated rings. The number of aryl methyl sites for hydroxylation is 1. The van der Waals surface area contributed by atoms with Crippen LogP contribution in [0.2, 0.25) is 5.02 Å². The van der Waals surface area contributed by atoms with Gasteiger partial charge >= 0.3 is 0 Å². The van der Waals surface area contributed by atoms with Gasteiger partial charge in [0.1, 0.15) is 18.6 Å². The molecule has 0 aliphatic rings. The number of halogens is 1. The van der Waals surface area contributed by atoms with Crippen LogP contribution in [0.3, 0.4) is 0 Å². The molecule has 8 nitrogen and oxygen atoms in total. The Morgan fingerprint density at radius 3 is 2.44 bits per heavy atom. The van der Waals surface area contributed by atoms with Crippen LogP contribution in [0.4, 0.5) is 0 Å². The largest absolute Gasteiger partial charge is 0.489 e. The second-order valence-electron chi connectivity index (χ2n) is 6.92. The van der Waals surface area contributed by atoms with Crippen molar-refractivity contribution in [1.82, 2.24) is 16.2 Å². The van der Waals surface area contributed by atoms with Crippen molar-refractivity contribution in [2.45, 2.75) is 20.0 Å². The highest BCUT2D eigenvalue weighted by molar-refractivity contribution is 6.31. The fourth-order valence-corrected chi connectivity index (χ4v) is 2.79. The van der Waals surface area contributed by atoms with Crippen LogP contribution in [0, 0.1) is 6.92 Å². The van der Waals surface area contributed by atoms with E-state index in [4.69, 9.17) is 20.8 Å². The van der Waals surface area contributed by atoms with E-state index in [9.17, 15) is 14.4 Å². The molecule has 0 aliphatic heterocycles. The summed E-state index contributed by atoms with van der Waals surface area (Å²) < 4.78 is 10.6. The van der Waals surface area contributed by atoms with Crippen molar-refractivity contribution in [3.63, 3.8) is 0 Å². The third-order valence-electron chi connectivity index (χ3n) is 4.49. The van der Waals surface area contributed by atoms with Crippen LogP contribution in [0.25, 0.3) is 0 Å². The lowest BCUT2D eigenvalue weighted by Crippen LogP contribution is -2.42. The van der Waals surface area contributed by atoms with E-state index in [0.717, 1.165) is 11.1 Å². The van der Waals surface area contributed by atoms with E-state index in [1.807, 2.05) is 13.0 Å². The van der Waals surface area contributed by atoms with Crippen molar-refractivity contribution >= 4 is 29.3 Å². The van der Waals surface area contributed by atoms with Gasteiger partial charge in [-0.05, 0) is 54.4 Å². The number of furan rings is 1. The van der Waals surface area contributed by atoms with Crippen LogP contribution in [-0.2, 0) is 11.4 Å². The fraction of sp³-hybridized carbons (Fsp3) is 0.174. The van der Waals surface area contributed by atoms with Gasteiger partial charge in [-0.1, -0.05) is 23.7 Å². The van der Waals surface area contributed by atoms with Gasteiger partial charge in [0, 0.05) is 23.6 Å². The summed E-state index contributed by atoms with van der Waals surface area (Å²) in [5.41, 5.74) is 7.22. The molecule has 166 valence electrons. The average molecular weight is 456 g/mol. The van der Waals surface area contributed by atoms with Gasteiger partial charge in [-0.2, -0.15) is 0 Å². The number of hydrazine groups is 1. The van der Waals surface area contributed by atoms with Gasteiger partial charge < -0.3 is 14.5 Å². The minimum Gasteiger partial charge on any atom is -0.489 e. The zero-order valence-corrected chi connectivity index (χ0v) is 18.1. The van der Waals surface area contributed by atoms with Crippen LogP contribution in [0.1, 0.15) is 38.3 Å². The van der Waals surface area contributed by atoms with Crippen LogP contribution in [0.15, 0.2) is 65.5 Å². The molecular formula is C23H22ClN3O5. The Morgan fingerprint density at radius 1 is 0.969 bits per heavy atom. The molecule has 0 atom stereocenters. The highest BCUT2D eigenvalue weighted by Crippen LogP contribution is 2.21. The van der Waals surface area contributed by atoms with Crippen molar-refractivity contribution in [2.24, 2.45) is 0 Å². The van der Waals surface area contributed by atoms with Crippen LogP contribution < -0.4 is 20.9 Å². The maximum absolute atomic E-state index is 12.2. The topological polar surface area (TPSA) is 110 Å². The second-order valence-corrected chi connectivity index (χ2v) is 7.32. The molecule has 0 aliphatic carbocycles. The molecule has 0 radical (unpaired) electrons. The molecule has 0 saturated carbocycles. The first-order valence-corrected chi connectivity index (χ1v) is 10.2. The lowest BCUT2D eigenvalue weighted by Gasteiger charge is -2.10. The average Bonchev–Trinajstić information content (AvgIpc) is 3.34. The summed E-state index contributed by atoms with van der Waals surface area (Å²) in [6.07, 6.45) is 2.70. The number of carbonyl (C=O) groups excluding carboxylic acids is 3. The van der Waals surface area contributed by atoms with Crippen LogP contribution in [-0.4, -0.2) is 24.3 Å². The Hall–Kier alpha value is -3.78. The van der Waals surface area contributed by atoms with E-state index in [1.165, 1.54) is 18.6 Å². The number of benzene rings is 2. The van der Waals surface area contributed by atoms with Crippen molar-refractivity contribution in [1.29, 1.82) is 0 Å². The minimum absolute atomic E-state index is 0.00429. The molecule has 0 saturated heterocycles. The lowest BCUT2D eigenvalue weighted by atomic mass is 10.1. The maximum Gasteiger partial charge on any atom is 0.269 e. The van der Waals surface area contributed by atoms with Gasteiger partial charge in [0.15, 0.2) is 0 Å². The number of amides is 3. The molecule has 1 aromatic heterocycles. The summed E-state index contributed by atoms with van der Waals surface area (Å²) in [5.74, 6) is -0.529. The summed E-state index contributed by atoms with van der Waals surface area (Å²) in [7, 11) is 0. The predicted molar refractivity (Wildman–Crippen MR) is 118 cm³/mol. The first-order chi connectivity index (χ1) is 15.4. The summed E-state index contributed by atoms with van der Waals surface area (Å²) in [5, 5.41) is 3.26. The van der Waals surface area contributed by atoms with Gasteiger partial charge in [0.05, 0.1) is 11.8 Å². The molecule has 3 rings (SSSR count). The molecule has 3 N–H and O–H groups in total. The Kier molecular flexibility index (Phi) is 7.88. The smallest absolute Gasteiger partial charge is 0.269 e. The zero-order valence-electron chi connectivity index (χ0n) is 17.3. The van der Waals surface area contributed by atoms with Gasteiger partial charge in [-0.3, -0.25) is 25.2 Å². The normalized spacial score (nSPS) is 10.3. The predicted octanol–water partition coefficient (Wildman–Crippen LogP) is 3.40. The molecular weight excluding hydrogens is 434 g/mol. The van der Waals surface area contributed by atoms with E-state index in [0.29, 0.717) is 28.5 Å². The van der Waals surface area contributed by atoms with Gasteiger partial charge in [-0.25, -0.2) is 0 Å². The molecule has 32 heavy (non-hydrogen) atoms. The van der Waals surface area contributed by atoms with E-state index in [2.05, 4.69) is 16.2 Å². The summed E-state index contributed by atoms with van der Waals surface area (Å²) in [6.45, 7) is 2.36. The van der Waals surface area contributed by atoms with Crippen molar-refractivity contribution in [3.05, 3.63) is 88.3 Å². The molecule has 0 spiro atoms. The molecule has 9 heteroatoms. The van der Waals surface area contributed by atoms with Crippen molar-refractivity contribution in [3.8, 4) is 5.75 Å². The first kappa shape index (κ1) is 22.9. The molecule has 2 aromatic carbocycles. The third kappa shape index (κ3) is 6.61. The quantitative estimate of drug-likeness (QED) is 0.451. The summed E-state index contributed by atoms with van der Waals surface area (Å²) >= 11 is 6.01. The Bertz CT molecular complexity index is 1080. The summed E-state index contributed by atoms with van der Waals surface area (Å²) in [6, 6.07) is 13.8. The fourth-order valence-electron chi connectivity index (χ4n) is 2.67. The third-order valence-corrected chi connectivity index (χ3v) is 4.91. The molecule has 1 heterocycles.